The minimum Gasteiger partial charge on any atom is -0.340 e. The number of benzene rings is 2. The topological polar surface area (TPSA) is 75.5 Å². The number of sulfonamides is 1. The smallest absolute Gasteiger partial charge is 0.236 e. The highest BCUT2D eigenvalue weighted by Crippen LogP contribution is 2.14. The van der Waals surface area contributed by atoms with E-state index in [0.29, 0.717) is 13.1 Å². The Balaban J connectivity index is 1.32. The average molecular weight is 437 g/mol. The van der Waals surface area contributed by atoms with E-state index >= 15 is 0 Å². The summed E-state index contributed by atoms with van der Waals surface area (Å²) in [4.78, 5) is 14.4. The monoisotopic (exact) mass is 436 g/mol. The first kappa shape index (κ1) is 21.0. The summed E-state index contributed by atoms with van der Waals surface area (Å²) in [6.45, 7) is 1.33. The van der Waals surface area contributed by atoms with E-state index in [9.17, 15) is 13.2 Å². The molecule has 7 nitrogen and oxygen atoms in total. The van der Waals surface area contributed by atoms with Crippen LogP contribution in [0.3, 0.4) is 0 Å². The highest BCUT2D eigenvalue weighted by molar-refractivity contribution is 7.92. The number of para-hydroxylation sites is 1. The maximum Gasteiger partial charge on any atom is 0.236 e. The summed E-state index contributed by atoms with van der Waals surface area (Å²) < 4.78 is 28.3. The van der Waals surface area contributed by atoms with Gasteiger partial charge in [0.25, 0.3) is 0 Å². The van der Waals surface area contributed by atoms with Crippen molar-refractivity contribution in [2.75, 3.05) is 26.2 Å². The molecule has 2 aromatic carbocycles. The quantitative estimate of drug-likeness (QED) is 0.595. The molecule has 0 atom stereocenters. The van der Waals surface area contributed by atoms with Crippen molar-refractivity contribution in [3.05, 3.63) is 89.6 Å². The number of nitrogens with zero attached hydrogens (tertiary/aromatic N) is 4. The lowest BCUT2D eigenvalue weighted by molar-refractivity contribution is -0.131. The third kappa shape index (κ3) is 5.28. The normalized spacial score (nSPS) is 15.4. The zero-order valence-electron chi connectivity index (χ0n) is 17.0. The van der Waals surface area contributed by atoms with Gasteiger partial charge in [0.15, 0.2) is 0 Å². The molecule has 1 saturated heterocycles. The Morgan fingerprint density at radius 3 is 2.26 bits per heavy atom. The summed E-state index contributed by atoms with van der Waals surface area (Å²) in [5, 5.41) is 5.56. The number of hydrogen-bond acceptors (Lipinski definition) is 4. The average Bonchev–Trinajstić information content (AvgIpc) is 3.28. The molecule has 0 unspecified atom stereocenters. The summed E-state index contributed by atoms with van der Waals surface area (Å²) >= 11 is 0. The molecule has 160 valence electrons. The van der Waals surface area contributed by atoms with E-state index in [4.69, 9.17) is 0 Å². The molecule has 1 amide bonds. The van der Waals surface area contributed by atoms with Gasteiger partial charge >= 0.3 is 0 Å². The molecule has 0 bridgehead atoms. The lowest BCUT2D eigenvalue weighted by Gasteiger charge is -2.33. The van der Waals surface area contributed by atoms with Gasteiger partial charge in [-0.1, -0.05) is 48.5 Å². The number of hydrogen-bond donors (Lipinski definition) is 0. The second-order valence-electron chi connectivity index (χ2n) is 7.34. The van der Waals surface area contributed by atoms with E-state index in [1.54, 1.807) is 21.9 Å². The Labute approximate surface area is 182 Å². The maximum absolute atomic E-state index is 12.7. The minimum absolute atomic E-state index is 0.0236. The fourth-order valence-electron chi connectivity index (χ4n) is 3.47. The number of piperazine rings is 1. The Bertz CT molecular complexity index is 1150. The van der Waals surface area contributed by atoms with E-state index in [1.807, 2.05) is 66.9 Å². The summed E-state index contributed by atoms with van der Waals surface area (Å²) in [5.41, 5.74) is 2.59. The zero-order chi connectivity index (χ0) is 21.7. The molecule has 0 N–H and O–H groups in total. The van der Waals surface area contributed by atoms with E-state index in [2.05, 4.69) is 5.10 Å². The highest BCUT2D eigenvalue weighted by Gasteiger charge is 2.27. The van der Waals surface area contributed by atoms with Gasteiger partial charge in [0, 0.05) is 37.8 Å². The molecule has 1 aliphatic rings. The first-order chi connectivity index (χ1) is 15.0. The Hall–Kier alpha value is -3.23. The van der Waals surface area contributed by atoms with E-state index in [-0.39, 0.29) is 25.4 Å². The van der Waals surface area contributed by atoms with Gasteiger partial charge in [0.05, 0.1) is 18.3 Å². The van der Waals surface area contributed by atoms with Crippen molar-refractivity contribution in [1.29, 1.82) is 0 Å². The lowest BCUT2D eigenvalue weighted by atomic mass is 10.2. The predicted molar refractivity (Wildman–Crippen MR) is 120 cm³/mol. The number of carbonyl (C=O) groups is 1. The standard InChI is InChI=1S/C23H24N4O3S/c28-23(17-21-18-24-27(19-21)22-9-5-2-6-10-22)25-12-14-26(15-13-25)31(29,30)16-11-20-7-3-1-4-8-20/h1-11,16,18-19H,12-15,17H2/b16-11+. The number of rotatable bonds is 6. The highest BCUT2D eigenvalue weighted by atomic mass is 32.2. The molecule has 0 radical (unpaired) electrons. The Kier molecular flexibility index (Phi) is 6.29. The molecule has 1 fully saturated rings. The molecule has 8 heteroatoms. The van der Waals surface area contributed by atoms with Crippen LogP contribution < -0.4 is 0 Å². The number of carbonyl (C=O) groups excluding carboxylic acids is 1. The van der Waals surface area contributed by atoms with Crippen LogP contribution in [0.4, 0.5) is 0 Å². The van der Waals surface area contributed by atoms with Gasteiger partial charge < -0.3 is 4.90 Å². The second-order valence-corrected chi connectivity index (χ2v) is 9.16. The Morgan fingerprint density at radius 2 is 1.58 bits per heavy atom. The van der Waals surface area contributed by atoms with Gasteiger partial charge in [0.1, 0.15) is 0 Å². The maximum atomic E-state index is 12.7. The van der Waals surface area contributed by atoms with Gasteiger partial charge in [-0.05, 0) is 29.3 Å². The van der Waals surface area contributed by atoms with Gasteiger partial charge in [-0.3, -0.25) is 4.79 Å². The molecule has 1 aliphatic heterocycles. The third-order valence-electron chi connectivity index (χ3n) is 5.20. The van der Waals surface area contributed by atoms with Crippen LogP contribution in [0.1, 0.15) is 11.1 Å². The van der Waals surface area contributed by atoms with Crippen LogP contribution in [-0.4, -0.2) is 59.5 Å². The van der Waals surface area contributed by atoms with Crippen LogP contribution >= 0.6 is 0 Å². The van der Waals surface area contributed by atoms with E-state index in [1.165, 1.54) is 9.71 Å². The molecular weight excluding hydrogens is 412 g/mol. The molecule has 4 rings (SSSR count). The third-order valence-corrected chi connectivity index (χ3v) is 6.76. The zero-order valence-corrected chi connectivity index (χ0v) is 17.9. The molecule has 0 spiro atoms. The van der Waals surface area contributed by atoms with Crippen LogP contribution in [0.2, 0.25) is 0 Å². The van der Waals surface area contributed by atoms with Crippen molar-refractivity contribution in [2.24, 2.45) is 0 Å². The van der Waals surface area contributed by atoms with Gasteiger partial charge in [-0.25, -0.2) is 13.1 Å². The second kappa shape index (κ2) is 9.28. The summed E-state index contributed by atoms with van der Waals surface area (Å²) in [6, 6.07) is 19.0. The Morgan fingerprint density at radius 1 is 0.935 bits per heavy atom. The fourth-order valence-corrected chi connectivity index (χ4v) is 4.64. The summed E-state index contributed by atoms with van der Waals surface area (Å²) in [6.07, 6.45) is 5.38. The molecule has 31 heavy (non-hydrogen) atoms. The van der Waals surface area contributed by atoms with Crippen LogP contribution in [-0.2, 0) is 21.2 Å². The van der Waals surface area contributed by atoms with Crippen molar-refractivity contribution < 1.29 is 13.2 Å². The summed E-state index contributed by atoms with van der Waals surface area (Å²) in [5.74, 6) is -0.0236. The van der Waals surface area contributed by atoms with E-state index < -0.39 is 10.0 Å². The van der Waals surface area contributed by atoms with Gasteiger partial charge in [-0.15, -0.1) is 0 Å². The van der Waals surface area contributed by atoms with Gasteiger partial charge in [0.2, 0.25) is 15.9 Å². The molecular formula is C23H24N4O3S. The predicted octanol–water partition coefficient (Wildman–Crippen LogP) is 2.56. The van der Waals surface area contributed by atoms with Crippen LogP contribution in [0.25, 0.3) is 11.8 Å². The molecule has 2 heterocycles. The minimum atomic E-state index is -3.52. The number of amides is 1. The van der Waals surface area contributed by atoms with Crippen LogP contribution in [0, 0.1) is 0 Å². The van der Waals surface area contributed by atoms with Crippen molar-refractivity contribution in [3.63, 3.8) is 0 Å². The first-order valence-corrected chi connectivity index (χ1v) is 11.6. The lowest BCUT2D eigenvalue weighted by Crippen LogP contribution is -2.50. The van der Waals surface area contributed by atoms with Crippen LogP contribution in [0.5, 0.6) is 0 Å². The van der Waals surface area contributed by atoms with Crippen molar-refractivity contribution in [3.8, 4) is 5.69 Å². The molecule has 3 aromatic rings. The number of aromatic nitrogens is 2. The SMILES string of the molecule is O=C(Cc1cnn(-c2ccccc2)c1)N1CCN(S(=O)(=O)/C=C/c2ccccc2)CC1. The van der Waals surface area contributed by atoms with Gasteiger partial charge in [-0.2, -0.15) is 9.40 Å². The van der Waals surface area contributed by atoms with Crippen molar-refractivity contribution in [1.82, 2.24) is 19.0 Å². The largest absolute Gasteiger partial charge is 0.340 e. The first-order valence-electron chi connectivity index (χ1n) is 10.1. The van der Waals surface area contributed by atoms with E-state index in [0.717, 1.165) is 16.8 Å². The summed E-state index contributed by atoms with van der Waals surface area (Å²) in [7, 11) is -3.52. The fraction of sp³-hybridized carbons (Fsp3) is 0.217. The van der Waals surface area contributed by atoms with Crippen molar-refractivity contribution >= 4 is 22.0 Å². The molecule has 0 saturated carbocycles. The van der Waals surface area contributed by atoms with Crippen molar-refractivity contribution in [2.45, 2.75) is 6.42 Å². The molecule has 0 aliphatic carbocycles. The van der Waals surface area contributed by atoms with Crippen LogP contribution in [0.15, 0.2) is 78.5 Å². The molecule has 1 aromatic heterocycles.